The molecule has 2 N–H and O–H groups in total. The van der Waals surface area contributed by atoms with Crippen molar-refractivity contribution in [2.45, 2.75) is 51.3 Å². The van der Waals surface area contributed by atoms with E-state index in [4.69, 9.17) is 9.47 Å². The summed E-state index contributed by atoms with van der Waals surface area (Å²) in [5, 5.41) is 5.26. The predicted molar refractivity (Wildman–Crippen MR) is 103 cm³/mol. The van der Waals surface area contributed by atoms with E-state index in [9.17, 15) is 14.4 Å². The van der Waals surface area contributed by atoms with Gasteiger partial charge in [-0.3, -0.25) is 4.79 Å². The lowest BCUT2D eigenvalue weighted by atomic mass is 10.1. The quantitative estimate of drug-likeness (QED) is 0.548. The highest BCUT2D eigenvalue weighted by atomic mass is 32.2. The van der Waals surface area contributed by atoms with E-state index in [0.29, 0.717) is 24.3 Å². The molecule has 7 nitrogen and oxygen atoms in total. The fraction of sp³-hybridized carbons (Fsp3) is 0.812. The molecule has 0 aliphatic carbocycles. The second-order valence-corrected chi connectivity index (χ2v) is 8.32. The van der Waals surface area contributed by atoms with Crippen LogP contribution in [-0.2, 0) is 19.1 Å². The minimum atomic E-state index is -0.774. The van der Waals surface area contributed by atoms with Crippen molar-refractivity contribution in [2.75, 3.05) is 31.1 Å². The van der Waals surface area contributed by atoms with Crippen LogP contribution >= 0.6 is 23.5 Å². The molecule has 0 spiro atoms. The zero-order chi connectivity index (χ0) is 19.5. The minimum absolute atomic E-state index is 0.420. The lowest BCUT2D eigenvalue weighted by Gasteiger charge is -2.24. The number of carbonyl (C=O) groups is 3. The number of hydrogen-bond donors (Lipinski definition) is 2. The highest BCUT2D eigenvalue weighted by Crippen LogP contribution is 2.09. The number of alkyl carbamates (subject to hydrolysis) is 1. The van der Waals surface area contributed by atoms with Crippen LogP contribution < -0.4 is 10.6 Å². The topological polar surface area (TPSA) is 93.7 Å². The van der Waals surface area contributed by atoms with Crippen LogP contribution in [0.2, 0.25) is 0 Å². The average molecular weight is 395 g/mol. The molecule has 0 aliphatic rings. The SMILES string of the molecule is COC(=O)[C@H](CCSC)NC(=O)[C@@H](CCSC)NC(=O)OC(C)(C)C. The third-order valence-corrected chi connectivity index (χ3v) is 4.32. The molecule has 2 amide bonds. The number of ether oxygens (including phenoxy) is 2. The van der Waals surface area contributed by atoms with E-state index in [1.807, 2.05) is 12.5 Å². The van der Waals surface area contributed by atoms with Gasteiger partial charge in [-0.15, -0.1) is 0 Å². The maximum atomic E-state index is 12.5. The summed E-state index contributed by atoms with van der Waals surface area (Å²) in [7, 11) is 1.28. The Balaban J connectivity index is 4.94. The molecule has 146 valence electrons. The van der Waals surface area contributed by atoms with Gasteiger partial charge in [-0.2, -0.15) is 23.5 Å². The summed E-state index contributed by atoms with van der Waals surface area (Å²) in [4.78, 5) is 36.3. The zero-order valence-corrected chi connectivity index (χ0v) is 17.5. The smallest absolute Gasteiger partial charge is 0.408 e. The van der Waals surface area contributed by atoms with E-state index < -0.39 is 35.7 Å². The Kier molecular flexibility index (Phi) is 11.8. The normalized spacial score (nSPS) is 13.5. The number of carbonyl (C=O) groups excluding carboxylic acids is 3. The molecule has 0 bridgehead atoms. The van der Waals surface area contributed by atoms with Gasteiger partial charge in [0, 0.05) is 0 Å². The fourth-order valence-corrected chi connectivity index (χ4v) is 2.80. The second kappa shape index (κ2) is 12.3. The van der Waals surface area contributed by atoms with Gasteiger partial charge in [-0.1, -0.05) is 0 Å². The van der Waals surface area contributed by atoms with E-state index in [0.717, 1.165) is 0 Å². The third kappa shape index (κ3) is 11.2. The van der Waals surface area contributed by atoms with Crippen molar-refractivity contribution in [3.05, 3.63) is 0 Å². The standard InChI is InChI=1S/C16H30N2O5S2/c1-16(2,3)23-15(21)18-11(7-9-24-5)13(19)17-12(8-10-25-6)14(20)22-4/h11-12H,7-10H2,1-6H3,(H,17,19)(H,18,21)/t11-,12+/m1/s1. The molecule has 0 unspecified atom stereocenters. The van der Waals surface area contributed by atoms with E-state index in [-0.39, 0.29) is 0 Å². The highest BCUT2D eigenvalue weighted by Gasteiger charge is 2.28. The van der Waals surface area contributed by atoms with Crippen LogP contribution in [0, 0.1) is 0 Å². The van der Waals surface area contributed by atoms with E-state index in [2.05, 4.69) is 10.6 Å². The Morgan fingerprint density at radius 1 is 0.960 bits per heavy atom. The average Bonchev–Trinajstić information content (AvgIpc) is 2.52. The minimum Gasteiger partial charge on any atom is -0.467 e. The Morgan fingerprint density at radius 3 is 1.92 bits per heavy atom. The van der Waals surface area contributed by atoms with Crippen molar-refractivity contribution in [2.24, 2.45) is 0 Å². The van der Waals surface area contributed by atoms with Crippen LogP contribution in [0.1, 0.15) is 33.6 Å². The van der Waals surface area contributed by atoms with E-state index in [1.54, 1.807) is 44.3 Å². The van der Waals surface area contributed by atoms with Gasteiger partial charge >= 0.3 is 12.1 Å². The molecule has 0 heterocycles. The van der Waals surface area contributed by atoms with Gasteiger partial charge in [0.1, 0.15) is 17.7 Å². The summed E-state index contributed by atoms with van der Waals surface area (Å²) in [5.74, 6) is 0.469. The Labute approximate surface area is 158 Å². The van der Waals surface area contributed by atoms with Crippen LogP contribution in [0.15, 0.2) is 0 Å². The van der Waals surface area contributed by atoms with Crippen molar-refractivity contribution in [1.29, 1.82) is 0 Å². The van der Waals surface area contributed by atoms with Crippen molar-refractivity contribution >= 4 is 41.5 Å². The van der Waals surface area contributed by atoms with E-state index in [1.165, 1.54) is 7.11 Å². The van der Waals surface area contributed by atoms with Crippen LogP contribution in [0.25, 0.3) is 0 Å². The van der Waals surface area contributed by atoms with Crippen molar-refractivity contribution in [3.63, 3.8) is 0 Å². The number of hydrogen-bond acceptors (Lipinski definition) is 7. The Morgan fingerprint density at radius 2 is 1.48 bits per heavy atom. The lowest BCUT2D eigenvalue weighted by Crippen LogP contribution is -2.52. The zero-order valence-electron chi connectivity index (χ0n) is 15.8. The molecule has 0 rings (SSSR count). The molecule has 0 aromatic heterocycles. The first-order chi connectivity index (χ1) is 11.6. The Hall–Kier alpha value is -1.09. The first-order valence-electron chi connectivity index (χ1n) is 8.00. The monoisotopic (exact) mass is 394 g/mol. The number of esters is 1. The van der Waals surface area contributed by atoms with Crippen LogP contribution in [0.3, 0.4) is 0 Å². The third-order valence-electron chi connectivity index (χ3n) is 3.03. The van der Waals surface area contributed by atoms with Gasteiger partial charge in [-0.05, 0) is 57.6 Å². The fourth-order valence-electron chi connectivity index (χ4n) is 1.85. The molecule has 0 saturated carbocycles. The van der Waals surface area contributed by atoms with Crippen molar-refractivity contribution < 1.29 is 23.9 Å². The first kappa shape index (κ1) is 23.9. The maximum absolute atomic E-state index is 12.5. The molecule has 9 heteroatoms. The summed E-state index contributed by atoms with van der Waals surface area (Å²) in [5.41, 5.74) is -0.655. The molecule has 0 radical (unpaired) electrons. The number of nitrogens with one attached hydrogen (secondary N) is 2. The molecule has 2 atom stereocenters. The van der Waals surface area contributed by atoms with E-state index >= 15 is 0 Å². The highest BCUT2D eigenvalue weighted by molar-refractivity contribution is 7.98. The summed E-state index contributed by atoms with van der Waals surface area (Å²) < 4.78 is 9.94. The number of rotatable bonds is 10. The van der Waals surface area contributed by atoms with Crippen LogP contribution in [0.5, 0.6) is 0 Å². The molecular formula is C16H30N2O5S2. The van der Waals surface area contributed by atoms with Gasteiger partial charge in [0.05, 0.1) is 7.11 Å². The summed E-state index contributed by atoms with van der Waals surface area (Å²) >= 11 is 3.14. The molecule has 0 aromatic rings. The molecular weight excluding hydrogens is 364 g/mol. The van der Waals surface area contributed by atoms with Crippen molar-refractivity contribution in [3.8, 4) is 0 Å². The maximum Gasteiger partial charge on any atom is 0.408 e. The van der Waals surface area contributed by atoms with Crippen LogP contribution in [0.4, 0.5) is 4.79 Å². The predicted octanol–water partition coefficient (Wildman–Crippen LogP) is 2.04. The number of amides is 2. The molecule has 25 heavy (non-hydrogen) atoms. The van der Waals surface area contributed by atoms with Crippen LogP contribution in [-0.4, -0.2) is 66.8 Å². The second-order valence-electron chi connectivity index (χ2n) is 6.35. The van der Waals surface area contributed by atoms with Gasteiger partial charge in [-0.25, -0.2) is 9.59 Å². The Bertz CT molecular complexity index is 441. The number of thioether (sulfide) groups is 2. The largest absolute Gasteiger partial charge is 0.467 e. The molecule has 0 saturated heterocycles. The summed E-state index contributed by atoms with van der Waals surface area (Å²) in [6, 6.07) is -1.51. The van der Waals surface area contributed by atoms with Gasteiger partial charge < -0.3 is 20.1 Å². The van der Waals surface area contributed by atoms with Crippen molar-refractivity contribution in [1.82, 2.24) is 10.6 Å². The molecule has 0 aliphatic heterocycles. The van der Waals surface area contributed by atoms with Gasteiger partial charge in [0.25, 0.3) is 0 Å². The molecule has 0 fully saturated rings. The first-order valence-corrected chi connectivity index (χ1v) is 10.8. The lowest BCUT2D eigenvalue weighted by molar-refractivity contribution is -0.145. The van der Waals surface area contributed by atoms with Gasteiger partial charge in [0.2, 0.25) is 5.91 Å². The number of methoxy groups -OCH3 is 1. The molecule has 0 aromatic carbocycles. The van der Waals surface area contributed by atoms with Gasteiger partial charge in [0.15, 0.2) is 0 Å². The summed E-state index contributed by atoms with van der Waals surface area (Å²) in [6.07, 6.45) is 4.07. The summed E-state index contributed by atoms with van der Waals surface area (Å²) in [6.45, 7) is 5.25.